The first-order valence-corrected chi connectivity index (χ1v) is 11.0. The Morgan fingerprint density at radius 3 is 2.41 bits per heavy atom. The fraction of sp³-hybridized carbons (Fsp3) is 0.391. The second-order valence-corrected chi connectivity index (χ2v) is 8.87. The van der Waals surface area contributed by atoms with Crippen molar-refractivity contribution in [3.63, 3.8) is 0 Å². The third-order valence-electron chi connectivity index (χ3n) is 5.82. The van der Waals surface area contributed by atoms with Gasteiger partial charge in [-0.15, -0.1) is 11.8 Å². The molecule has 2 aromatic carbocycles. The van der Waals surface area contributed by atoms with E-state index in [-0.39, 0.29) is 16.7 Å². The maximum atomic E-state index is 12.7. The van der Waals surface area contributed by atoms with Gasteiger partial charge in [-0.3, -0.25) is 14.5 Å². The van der Waals surface area contributed by atoms with Gasteiger partial charge >= 0.3 is 0 Å². The van der Waals surface area contributed by atoms with Crippen molar-refractivity contribution in [3.8, 4) is 5.75 Å². The number of hydrogen-bond acceptors (Lipinski definition) is 4. The van der Waals surface area contributed by atoms with Crippen molar-refractivity contribution in [2.75, 3.05) is 30.9 Å². The molecule has 0 N–H and O–H groups in total. The fourth-order valence-corrected chi connectivity index (χ4v) is 5.52. The Balaban J connectivity index is 1.40. The number of hydrogen-bond donors (Lipinski definition) is 0. The third-order valence-corrected chi connectivity index (χ3v) is 7.34. The summed E-state index contributed by atoms with van der Waals surface area (Å²) in [4.78, 5) is 29.0. The molecule has 2 amide bonds. The molecule has 2 fully saturated rings. The minimum absolute atomic E-state index is 0.143. The lowest BCUT2D eigenvalue weighted by Crippen LogP contribution is -2.53. The summed E-state index contributed by atoms with van der Waals surface area (Å²) in [5, 5.41) is 0. The first-order valence-electron chi connectivity index (χ1n) is 10.0. The van der Waals surface area contributed by atoms with Crippen LogP contribution in [0.4, 0.5) is 5.69 Å². The molecule has 6 heteroatoms. The van der Waals surface area contributed by atoms with Crippen molar-refractivity contribution < 1.29 is 14.3 Å². The molecule has 0 saturated carbocycles. The number of piperidine rings is 1. The van der Waals surface area contributed by atoms with Crippen molar-refractivity contribution in [2.45, 2.75) is 30.6 Å². The van der Waals surface area contributed by atoms with Crippen molar-refractivity contribution in [1.29, 1.82) is 0 Å². The number of methoxy groups -OCH3 is 1. The van der Waals surface area contributed by atoms with E-state index in [9.17, 15) is 9.59 Å². The Morgan fingerprint density at radius 1 is 1.07 bits per heavy atom. The number of carbonyl (C=O) groups excluding carboxylic acids is 2. The summed E-state index contributed by atoms with van der Waals surface area (Å²) in [5.41, 5.74) is 2.10. The predicted molar refractivity (Wildman–Crippen MR) is 116 cm³/mol. The zero-order chi connectivity index (χ0) is 20.3. The number of rotatable bonds is 5. The molecule has 1 spiro atoms. The summed E-state index contributed by atoms with van der Waals surface area (Å²) in [6.45, 7) is 1.39. The molecule has 0 aromatic heterocycles. The molecular formula is C23H26N2O3S. The summed E-state index contributed by atoms with van der Waals surface area (Å²) in [5.74, 6) is 1.62. The van der Waals surface area contributed by atoms with Gasteiger partial charge in [0.25, 0.3) is 0 Å². The smallest absolute Gasteiger partial charge is 0.238 e. The van der Waals surface area contributed by atoms with E-state index in [2.05, 4.69) is 12.1 Å². The number of aryl methyl sites for hydroxylation is 1. The third kappa shape index (κ3) is 4.13. The van der Waals surface area contributed by atoms with Crippen LogP contribution in [0.3, 0.4) is 0 Å². The minimum atomic E-state index is -0.248. The normalized spacial score (nSPS) is 18.3. The van der Waals surface area contributed by atoms with Crippen molar-refractivity contribution >= 4 is 29.3 Å². The second kappa shape index (κ2) is 8.49. The molecule has 0 radical (unpaired) electrons. The van der Waals surface area contributed by atoms with Gasteiger partial charge in [0.15, 0.2) is 0 Å². The Bertz CT molecular complexity index is 861. The van der Waals surface area contributed by atoms with Crippen LogP contribution < -0.4 is 9.64 Å². The van der Waals surface area contributed by atoms with Gasteiger partial charge in [-0.2, -0.15) is 0 Å². The predicted octanol–water partition coefficient (Wildman–Crippen LogP) is 3.73. The van der Waals surface area contributed by atoms with Crippen molar-refractivity contribution in [3.05, 3.63) is 60.2 Å². The van der Waals surface area contributed by atoms with Crippen molar-refractivity contribution in [1.82, 2.24) is 4.90 Å². The lowest BCUT2D eigenvalue weighted by molar-refractivity contribution is -0.132. The maximum Gasteiger partial charge on any atom is 0.238 e. The summed E-state index contributed by atoms with van der Waals surface area (Å²) in [6, 6.07) is 17.8. The number of benzene rings is 2. The van der Waals surface area contributed by atoms with Crippen LogP contribution in [0.2, 0.25) is 0 Å². The van der Waals surface area contributed by atoms with E-state index in [0.717, 1.165) is 30.7 Å². The van der Waals surface area contributed by atoms with E-state index in [1.54, 1.807) is 18.9 Å². The van der Waals surface area contributed by atoms with Gasteiger partial charge in [-0.05, 0) is 49.1 Å². The molecule has 29 heavy (non-hydrogen) atoms. The topological polar surface area (TPSA) is 49.9 Å². The number of thioether (sulfide) groups is 1. The molecule has 2 saturated heterocycles. The van der Waals surface area contributed by atoms with Gasteiger partial charge in [-0.1, -0.05) is 30.3 Å². The van der Waals surface area contributed by atoms with Crippen LogP contribution in [-0.4, -0.2) is 47.5 Å². The molecule has 152 valence electrons. The molecule has 0 unspecified atom stereocenters. The van der Waals surface area contributed by atoms with Gasteiger partial charge < -0.3 is 9.64 Å². The fourth-order valence-electron chi connectivity index (χ4n) is 4.19. The Hall–Kier alpha value is -2.47. The lowest BCUT2D eigenvalue weighted by atomic mass is 10.00. The van der Waals surface area contributed by atoms with Crippen LogP contribution in [0.15, 0.2) is 54.6 Å². The Kier molecular flexibility index (Phi) is 5.81. The number of amides is 2. The first-order chi connectivity index (χ1) is 14.1. The van der Waals surface area contributed by atoms with Crippen LogP contribution in [-0.2, 0) is 16.0 Å². The zero-order valence-corrected chi connectivity index (χ0v) is 17.5. The van der Waals surface area contributed by atoms with E-state index < -0.39 is 0 Å². The van der Waals surface area contributed by atoms with Gasteiger partial charge in [0.1, 0.15) is 5.75 Å². The number of likely N-dealkylation sites (tertiary alicyclic amines) is 1. The number of carbonyl (C=O) groups is 2. The summed E-state index contributed by atoms with van der Waals surface area (Å²) in [7, 11) is 1.64. The molecule has 4 rings (SSSR count). The zero-order valence-electron chi connectivity index (χ0n) is 16.7. The number of ether oxygens (including phenoxy) is 1. The quantitative estimate of drug-likeness (QED) is 0.754. The van der Waals surface area contributed by atoms with Gasteiger partial charge in [0.2, 0.25) is 11.8 Å². The lowest BCUT2D eigenvalue weighted by Gasteiger charge is -2.44. The van der Waals surface area contributed by atoms with Crippen LogP contribution in [0.25, 0.3) is 0 Å². The molecule has 2 heterocycles. The van der Waals surface area contributed by atoms with Crippen LogP contribution in [0, 0.1) is 0 Å². The molecule has 2 aliphatic rings. The molecular weight excluding hydrogens is 384 g/mol. The maximum absolute atomic E-state index is 12.7. The summed E-state index contributed by atoms with van der Waals surface area (Å²) in [6.07, 6.45) is 2.90. The van der Waals surface area contributed by atoms with Crippen LogP contribution in [0.1, 0.15) is 24.8 Å². The van der Waals surface area contributed by atoms with E-state index >= 15 is 0 Å². The van der Waals surface area contributed by atoms with E-state index in [1.165, 1.54) is 5.56 Å². The van der Waals surface area contributed by atoms with Crippen LogP contribution >= 0.6 is 11.8 Å². The average Bonchev–Trinajstić information content (AvgIpc) is 3.09. The minimum Gasteiger partial charge on any atom is -0.497 e. The molecule has 0 aliphatic carbocycles. The highest BCUT2D eigenvalue weighted by molar-refractivity contribution is 8.02. The molecule has 2 aliphatic heterocycles. The van der Waals surface area contributed by atoms with E-state index in [1.807, 2.05) is 52.3 Å². The Morgan fingerprint density at radius 2 is 1.76 bits per heavy atom. The second-order valence-electron chi connectivity index (χ2n) is 7.53. The largest absolute Gasteiger partial charge is 0.497 e. The van der Waals surface area contributed by atoms with Gasteiger partial charge in [0.05, 0.1) is 17.7 Å². The number of anilines is 1. The molecule has 0 atom stereocenters. The summed E-state index contributed by atoms with van der Waals surface area (Å²) < 4.78 is 5.24. The molecule has 5 nitrogen and oxygen atoms in total. The highest BCUT2D eigenvalue weighted by Crippen LogP contribution is 2.47. The number of nitrogens with zero attached hydrogens (tertiary/aromatic N) is 2. The monoisotopic (exact) mass is 410 g/mol. The Labute approximate surface area is 176 Å². The highest BCUT2D eigenvalue weighted by Gasteiger charge is 2.49. The van der Waals surface area contributed by atoms with E-state index in [0.29, 0.717) is 25.3 Å². The van der Waals surface area contributed by atoms with Gasteiger partial charge in [-0.25, -0.2) is 0 Å². The average molecular weight is 411 g/mol. The highest BCUT2D eigenvalue weighted by atomic mass is 32.2. The first kappa shape index (κ1) is 19.8. The van der Waals surface area contributed by atoms with Crippen LogP contribution in [0.5, 0.6) is 5.75 Å². The SMILES string of the molecule is COc1ccc(N2C(=O)CSC23CCN(C(=O)CCc2ccccc2)CC3)cc1. The standard InChI is InChI=1S/C23H26N2O3S/c1-28-20-10-8-19(9-11-20)25-22(27)17-29-23(25)13-15-24(16-14-23)21(26)12-7-18-5-3-2-4-6-18/h2-6,8-11H,7,12-17H2,1H3. The van der Waals surface area contributed by atoms with E-state index in [4.69, 9.17) is 4.74 Å². The van der Waals surface area contributed by atoms with Gasteiger partial charge in [0, 0.05) is 25.2 Å². The van der Waals surface area contributed by atoms with Crippen molar-refractivity contribution in [2.24, 2.45) is 0 Å². The molecule has 2 aromatic rings. The molecule has 0 bridgehead atoms. The summed E-state index contributed by atoms with van der Waals surface area (Å²) >= 11 is 1.72.